The van der Waals surface area contributed by atoms with Gasteiger partial charge in [0.1, 0.15) is 22.3 Å². The fourth-order valence-electron chi connectivity index (χ4n) is 12.3. The number of hydrogen-bond acceptors (Lipinski definition) is 2. The Morgan fingerprint density at radius 3 is 1.03 bits per heavy atom. The maximum atomic E-state index is 9.25. The van der Waals surface area contributed by atoms with Crippen LogP contribution in [0.3, 0.4) is 0 Å². The van der Waals surface area contributed by atoms with Crippen LogP contribution in [0.2, 0.25) is 0 Å². The highest BCUT2D eigenvalue weighted by Crippen LogP contribution is 2.47. The molecule has 0 N–H and O–H groups in total. The molecule has 0 atom stereocenters. The molecule has 0 fully saturated rings. The molecule has 0 aliphatic heterocycles. The summed E-state index contributed by atoms with van der Waals surface area (Å²) in [7, 11) is 0. The Morgan fingerprint density at radius 1 is 0.261 bits per heavy atom. The van der Waals surface area contributed by atoms with Crippen molar-refractivity contribution in [3.63, 3.8) is 0 Å². The zero-order valence-electron chi connectivity index (χ0n) is 63.0. The predicted octanol–water partition coefficient (Wildman–Crippen LogP) is 25.2. The summed E-state index contributed by atoms with van der Waals surface area (Å²) >= 11 is 3.42. The van der Waals surface area contributed by atoms with Crippen molar-refractivity contribution in [2.75, 3.05) is 0 Å². The standard InChI is InChI=1S/C42H26O.C26H17Br.C17H12O/c1-2-10-27(11-3-1)28-18-20-30(21-19-28)40-33-14-6-8-16-35(33)41(36-17-9-7-15-34(36)40)31-22-24-37-39(26-31)43-38-25-23-29-12-4-5-13-32(29)42(37)38;27-26-23-12-6-4-10-21(23)25(22-11-5-7-13-24(22)26)20-16-14-19(15-17-20)18-8-2-1-3-9-18;1-11-6-8-14-16(10-11)18-15-9-7-12-4-2-3-5-13(12)17(14)15/h1-26H;1-17H;2-10H,1H3/i6D,7D,8D,9D,14D,15D,16D,17D;4D,5D,6D,7D,10D,11D,12D,13D;. The number of halogens is 1. The highest BCUT2D eigenvalue weighted by molar-refractivity contribution is 9.10. The molecule has 88 heavy (non-hydrogen) atoms. The SMILES string of the molecule is Cc1ccc2c(c1)oc1ccc3ccccc3c12.[2H]c1c([2H])c([2H])c2c(-c3ccc(-c4ccccc4)cc3)c3c([2H])c([2H])c([2H])c([2H])c3c(Br)c2c1[2H].[2H]c1c([2H])c([2H])c2c(-c3ccc4c(c3)oc3ccc5ccccc5c34)c3c([2H])c([2H])c([2H])c([2H])c3c(-c3ccc(-c4ccccc4)cc3)c2c1[2H]. The van der Waals surface area contributed by atoms with Gasteiger partial charge in [0.15, 0.2) is 0 Å². The normalized spacial score (nSPS) is 14.1. The number of rotatable bonds is 5. The largest absolute Gasteiger partial charge is 0.456 e. The van der Waals surface area contributed by atoms with Crippen molar-refractivity contribution < 1.29 is 30.8 Å². The number of furan rings is 2. The van der Waals surface area contributed by atoms with Crippen LogP contribution in [0.25, 0.3) is 164 Å². The molecule has 0 radical (unpaired) electrons. The zero-order chi connectivity index (χ0) is 72.6. The first-order chi connectivity index (χ1) is 50.1. The van der Waals surface area contributed by atoms with E-state index in [9.17, 15) is 5.48 Å². The van der Waals surface area contributed by atoms with Gasteiger partial charge in [0.25, 0.3) is 0 Å². The van der Waals surface area contributed by atoms with Crippen molar-refractivity contribution in [2.45, 2.75) is 6.92 Å². The molecule has 0 bridgehead atoms. The fourth-order valence-corrected chi connectivity index (χ4v) is 12.9. The molecule has 2 aromatic heterocycles. The maximum Gasteiger partial charge on any atom is 0.136 e. The fraction of sp³-hybridized carbons (Fsp3) is 0.0118. The first-order valence-corrected chi connectivity index (χ1v) is 29.5. The van der Waals surface area contributed by atoms with Crippen LogP contribution in [-0.4, -0.2) is 0 Å². The average molecular weight is 1200 g/mol. The third-order valence-corrected chi connectivity index (χ3v) is 17.2. The van der Waals surface area contributed by atoms with E-state index in [1.54, 1.807) is 6.07 Å². The Labute approximate surface area is 540 Å². The van der Waals surface area contributed by atoms with Gasteiger partial charge in [-0.15, -0.1) is 0 Å². The maximum absolute atomic E-state index is 9.25. The molecule has 0 spiro atoms. The smallest absolute Gasteiger partial charge is 0.136 e. The molecule has 0 aliphatic rings. The Hall–Kier alpha value is -10.8. The van der Waals surface area contributed by atoms with Crippen LogP contribution in [0.4, 0.5) is 0 Å². The van der Waals surface area contributed by atoms with Gasteiger partial charge in [0.05, 0.1) is 21.9 Å². The molecule has 18 rings (SSSR count). The van der Waals surface area contributed by atoms with Crippen LogP contribution in [0.15, 0.2) is 328 Å². The Bertz CT molecular complexity index is 6520. The van der Waals surface area contributed by atoms with Gasteiger partial charge < -0.3 is 8.83 Å². The summed E-state index contributed by atoms with van der Waals surface area (Å²) in [5, 5.41) is 10.3. The summed E-state index contributed by atoms with van der Waals surface area (Å²) in [6.07, 6.45) is 0. The molecule has 0 amide bonds. The van der Waals surface area contributed by atoms with Crippen LogP contribution in [0.1, 0.15) is 27.5 Å². The molecule has 414 valence electrons. The predicted molar refractivity (Wildman–Crippen MR) is 379 cm³/mol. The molecular formula is C85H55BrO2. The molecule has 0 aliphatic carbocycles. The van der Waals surface area contributed by atoms with Crippen LogP contribution in [0, 0.1) is 6.92 Å². The molecule has 0 saturated heterocycles. The molecule has 0 unspecified atom stereocenters. The van der Waals surface area contributed by atoms with E-state index in [0.717, 1.165) is 55.0 Å². The van der Waals surface area contributed by atoms with E-state index in [-0.39, 0.29) is 101 Å². The first kappa shape index (κ1) is 38.3. The van der Waals surface area contributed by atoms with Gasteiger partial charge in [-0.1, -0.05) is 285 Å². The number of benzene rings is 16. The van der Waals surface area contributed by atoms with Crippen LogP contribution in [-0.2, 0) is 0 Å². The topological polar surface area (TPSA) is 26.3 Å². The third kappa shape index (κ3) is 9.27. The third-order valence-electron chi connectivity index (χ3n) is 16.4. The van der Waals surface area contributed by atoms with E-state index in [4.69, 9.17) is 25.3 Å². The average Bonchev–Trinajstić information content (AvgIpc) is 1.12. The zero-order valence-corrected chi connectivity index (χ0v) is 48.6. The van der Waals surface area contributed by atoms with Gasteiger partial charge in [-0.25, -0.2) is 0 Å². The van der Waals surface area contributed by atoms with Gasteiger partial charge in [-0.05, 0) is 179 Å². The van der Waals surface area contributed by atoms with Gasteiger partial charge in [0.2, 0.25) is 0 Å². The van der Waals surface area contributed by atoms with Crippen molar-refractivity contribution >= 4 is 124 Å². The molecule has 0 saturated carbocycles. The lowest BCUT2D eigenvalue weighted by Crippen LogP contribution is -1.91. The van der Waals surface area contributed by atoms with Gasteiger partial charge in [-0.2, -0.15) is 0 Å². The second kappa shape index (κ2) is 22.2. The lowest BCUT2D eigenvalue weighted by molar-refractivity contribution is 0.668. The minimum absolute atomic E-state index is 0.168. The summed E-state index contributed by atoms with van der Waals surface area (Å²) < 4.78 is 152. The first-order valence-electron chi connectivity index (χ1n) is 36.7. The molecule has 3 heteroatoms. The van der Waals surface area contributed by atoms with Crippen molar-refractivity contribution in [1.29, 1.82) is 0 Å². The van der Waals surface area contributed by atoms with E-state index in [0.29, 0.717) is 39.0 Å². The number of hydrogen-bond donors (Lipinski definition) is 0. The van der Waals surface area contributed by atoms with E-state index in [1.165, 1.54) is 27.1 Å². The van der Waals surface area contributed by atoms with E-state index in [1.807, 2.05) is 158 Å². The van der Waals surface area contributed by atoms with Crippen LogP contribution >= 0.6 is 15.9 Å². The molecular weight excluding hydrogens is 1130 g/mol. The van der Waals surface area contributed by atoms with Crippen LogP contribution in [0.5, 0.6) is 0 Å². The summed E-state index contributed by atoms with van der Waals surface area (Å²) in [4.78, 5) is 0. The number of fused-ring (bicyclic) bond motifs is 14. The summed E-state index contributed by atoms with van der Waals surface area (Å²) in [5.41, 5.74) is 10.9. The Kier molecular flexibility index (Phi) is 9.66. The van der Waals surface area contributed by atoms with Gasteiger partial charge in [-0.3, -0.25) is 0 Å². The van der Waals surface area contributed by atoms with Gasteiger partial charge in [0, 0.05) is 26.0 Å². The van der Waals surface area contributed by atoms with E-state index in [2.05, 4.69) is 77.5 Å². The highest BCUT2D eigenvalue weighted by Gasteiger charge is 2.20. The quantitative estimate of drug-likeness (QED) is 0.161. The molecule has 18 aromatic rings. The molecule has 2 nitrogen and oxygen atoms in total. The van der Waals surface area contributed by atoms with Crippen molar-refractivity contribution in [1.82, 2.24) is 0 Å². The summed E-state index contributed by atoms with van der Waals surface area (Å²) in [6.45, 7) is 2.09. The highest BCUT2D eigenvalue weighted by atomic mass is 79.9. The lowest BCUT2D eigenvalue weighted by Gasteiger charge is -2.18. The molecule has 2 heterocycles. The lowest BCUT2D eigenvalue weighted by atomic mass is 9.85. The number of aryl methyl sites for hydroxylation is 1. The van der Waals surface area contributed by atoms with Crippen LogP contribution < -0.4 is 0 Å². The molecule has 16 aromatic carbocycles. The van der Waals surface area contributed by atoms with Crippen molar-refractivity contribution in [3.05, 3.63) is 325 Å². The second-order valence-electron chi connectivity index (χ2n) is 21.6. The summed E-state index contributed by atoms with van der Waals surface area (Å²) in [5.74, 6) is 0. The van der Waals surface area contributed by atoms with Gasteiger partial charge >= 0.3 is 0 Å². The van der Waals surface area contributed by atoms with Crippen molar-refractivity contribution in [2.24, 2.45) is 0 Å². The minimum Gasteiger partial charge on any atom is -0.456 e. The second-order valence-corrected chi connectivity index (χ2v) is 22.4. The van der Waals surface area contributed by atoms with E-state index >= 15 is 0 Å². The minimum atomic E-state index is -0.435. The monoisotopic (exact) mass is 1200 g/mol. The Morgan fingerprint density at radius 2 is 0.591 bits per heavy atom. The summed E-state index contributed by atoms with van der Waals surface area (Å²) in [6, 6.07) is 65.4. The Balaban J connectivity index is 0.000000135. The van der Waals surface area contributed by atoms with Crippen molar-refractivity contribution in [3.8, 4) is 55.6 Å². The van der Waals surface area contributed by atoms with E-state index < -0.39 is 48.3 Å².